The minimum absolute atomic E-state index is 0.872. The Morgan fingerprint density at radius 2 is 2.19 bits per heavy atom. The van der Waals surface area contributed by atoms with Crippen LogP contribution in [0.1, 0.15) is 18.1 Å². The van der Waals surface area contributed by atoms with E-state index in [1.54, 1.807) is 0 Å². The average Bonchev–Trinajstić information content (AvgIpc) is 2.27. The van der Waals surface area contributed by atoms with E-state index >= 15 is 0 Å². The van der Waals surface area contributed by atoms with Crippen molar-refractivity contribution in [2.75, 3.05) is 0 Å². The topological polar surface area (TPSA) is 9.23 Å². The summed E-state index contributed by atoms with van der Waals surface area (Å²) in [5.74, 6) is 1.85. The molecule has 0 spiro atoms. The number of fused-ring (bicyclic) bond motifs is 1. The second kappa shape index (κ2) is 4.01. The van der Waals surface area contributed by atoms with Gasteiger partial charge < -0.3 is 4.74 Å². The molecular formula is C15H16O. The van der Waals surface area contributed by atoms with E-state index in [-0.39, 0.29) is 0 Å². The highest BCUT2D eigenvalue weighted by atomic mass is 16.5. The third-order valence-corrected chi connectivity index (χ3v) is 2.80. The number of hydrogen-bond acceptors (Lipinski definition) is 1. The molecular weight excluding hydrogens is 196 g/mol. The fourth-order valence-electron chi connectivity index (χ4n) is 1.98. The standard InChI is InChI=1S/C15H16O/c1-5-12-9-13-8-6-7-11(4)15(13)16-14(12)10(2)3/h5-8H,1-2,9H2,3-4H3. The molecule has 0 atom stereocenters. The van der Waals surface area contributed by atoms with Crippen molar-refractivity contribution >= 4 is 0 Å². The van der Waals surface area contributed by atoms with E-state index in [4.69, 9.17) is 4.74 Å². The zero-order valence-electron chi connectivity index (χ0n) is 9.84. The second-order valence-electron chi connectivity index (χ2n) is 4.18. The van der Waals surface area contributed by atoms with Gasteiger partial charge >= 0.3 is 0 Å². The van der Waals surface area contributed by atoms with Gasteiger partial charge in [-0.2, -0.15) is 0 Å². The first-order valence-electron chi connectivity index (χ1n) is 5.41. The van der Waals surface area contributed by atoms with Gasteiger partial charge in [0.25, 0.3) is 0 Å². The monoisotopic (exact) mass is 212 g/mol. The Kier molecular flexibility index (Phi) is 2.69. The summed E-state index contributed by atoms with van der Waals surface area (Å²) in [4.78, 5) is 0. The molecule has 1 aromatic carbocycles. The molecule has 1 aromatic rings. The van der Waals surface area contributed by atoms with Crippen LogP contribution in [0.25, 0.3) is 0 Å². The van der Waals surface area contributed by atoms with E-state index in [2.05, 4.69) is 38.3 Å². The molecule has 0 unspecified atom stereocenters. The van der Waals surface area contributed by atoms with Crippen LogP contribution < -0.4 is 4.74 Å². The molecule has 0 aromatic heterocycles. The quantitative estimate of drug-likeness (QED) is 0.721. The predicted octanol–water partition coefficient (Wildman–Crippen LogP) is 3.95. The maximum absolute atomic E-state index is 5.94. The molecule has 0 saturated heterocycles. The number of rotatable bonds is 2. The van der Waals surface area contributed by atoms with Gasteiger partial charge in [-0.3, -0.25) is 0 Å². The first-order chi connectivity index (χ1) is 7.63. The van der Waals surface area contributed by atoms with Crippen LogP contribution in [-0.4, -0.2) is 0 Å². The molecule has 82 valence electrons. The lowest BCUT2D eigenvalue weighted by molar-refractivity contribution is 0.412. The van der Waals surface area contributed by atoms with Gasteiger partial charge in [0.05, 0.1) is 0 Å². The molecule has 1 nitrogen and oxygen atoms in total. The molecule has 2 rings (SSSR count). The predicted molar refractivity (Wildman–Crippen MR) is 67.5 cm³/mol. The Labute approximate surface area is 96.8 Å². The molecule has 0 aliphatic carbocycles. The molecule has 0 fully saturated rings. The second-order valence-corrected chi connectivity index (χ2v) is 4.18. The van der Waals surface area contributed by atoms with Crippen LogP contribution in [0.4, 0.5) is 0 Å². The third kappa shape index (κ3) is 1.69. The molecule has 1 heterocycles. The molecule has 0 amide bonds. The van der Waals surface area contributed by atoms with Crippen molar-refractivity contribution in [3.63, 3.8) is 0 Å². The van der Waals surface area contributed by atoms with Crippen LogP contribution in [0, 0.1) is 6.92 Å². The Morgan fingerprint density at radius 1 is 1.44 bits per heavy atom. The van der Waals surface area contributed by atoms with Gasteiger partial charge in [0, 0.05) is 6.42 Å². The van der Waals surface area contributed by atoms with Crippen LogP contribution in [0.5, 0.6) is 5.75 Å². The van der Waals surface area contributed by atoms with E-state index in [0.29, 0.717) is 0 Å². The Balaban J connectivity index is 2.52. The summed E-state index contributed by atoms with van der Waals surface area (Å²) >= 11 is 0. The SMILES string of the molecule is C=CC1=C(C(=C)C)Oc2c(C)cccc2C1. The Hall–Kier alpha value is -1.76. The normalized spacial score (nSPS) is 14.1. The van der Waals surface area contributed by atoms with Crippen molar-refractivity contribution in [2.45, 2.75) is 20.3 Å². The van der Waals surface area contributed by atoms with Crippen LogP contribution in [-0.2, 0) is 6.42 Å². The zero-order valence-corrected chi connectivity index (χ0v) is 9.84. The molecule has 0 saturated carbocycles. The largest absolute Gasteiger partial charge is 0.456 e. The van der Waals surface area contributed by atoms with E-state index in [1.807, 2.05) is 13.0 Å². The van der Waals surface area contributed by atoms with E-state index in [0.717, 1.165) is 29.1 Å². The van der Waals surface area contributed by atoms with Gasteiger partial charge in [0.1, 0.15) is 11.5 Å². The Bertz CT molecular complexity index is 492. The number of allylic oxidation sites excluding steroid dienone is 3. The van der Waals surface area contributed by atoms with Crippen LogP contribution in [0.2, 0.25) is 0 Å². The molecule has 0 N–H and O–H groups in total. The molecule has 0 radical (unpaired) electrons. The van der Waals surface area contributed by atoms with E-state index < -0.39 is 0 Å². The summed E-state index contributed by atoms with van der Waals surface area (Å²) in [6.07, 6.45) is 2.73. The summed E-state index contributed by atoms with van der Waals surface area (Å²) < 4.78 is 5.94. The lowest BCUT2D eigenvalue weighted by Gasteiger charge is -2.23. The lowest BCUT2D eigenvalue weighted by Crippen LogP contribution is -2.11. The number of aryl methyl sites for hydroxylation is 1. The van der Waals surface area contributed by atoms with Crippen molar-refractivity contribution < 1.29 is 4.74 Å². The van der Waals surface area contributed by atoms with Gasteiger partial charge in [-0.25, -0.2) is 0 Å². The highest BCUT2D eigenvalue weighted by Crippen LogP contribution is 2.35. The number of para-hydroxylation sites is 1. The van der Waals surface area contributed by atoms with E-state index in [9.17, 15) is 0 Å². The highest BCUT2D eigenvalue weighted by Gasteiger charge is 2.19. The lowest BCUT2D eigenvalue weighted by atomic mass is 9.96. The van der Waals surface area contributed by atoms with Gasteiger partial charge in [-0.1, -0.05) is 37.4 Å². The first-order valence-corrected chi connectivity index (χ1v) is 5.41. The number of ether oxygens (including phenoxy) is 1. The minimum Gasteiger partial charge on any atom is -0.456 e. The summed E-state index contributed by atoms with van der Waals surface area (Å²) in [5, 5.41) is 0. The highest BCUT2D eigenvalue weighted by molar-refractivity contribution is 5.51. The summed E-state index contributed by atoms with van der Waals surface area (Å²) in [6, 6.07) is 6.22. The smallest absolute Gasteiger partial charge is 0.133 e. The molecule has 1 aliphatic rings. The maximum Gasteiger partial charge on any atom is 0.133 e. The van der Waals surface area contributed by atoms with Gasteiger partial charge in [0.2, 0.25) is 0 Å². The van der Waals surface area contributed by atoms with Crippen molar-refractivity contribution in [2.24, 2.45) is 0 Å². The fraction of sp³-hybridized carbons (Fsp3) is 0.200. The molecule has 16 heavy (non-hydrogen) atoms. The first kappa shape index (κ1) is 10.7. The minimum atomic E-state index is 0.872. The van der Waals surface area contributed by atoms with Crippen LogP contribution >= 0.6 is 0 Å². The number of hydrogen-bond donors (Lipinski definition) is 0. The molecule has 1 heteroatoms. The Morgan fingerprint density at radius 3 is 2.81 bits per heavy atom. The summed E-state index contributed by atoms with van der Waals surface area (Å²) in [6.45, 7) is 11.8. The van der Waals surface area contributed by atoms with Crippen molar-refractivity contribution in [1.29, 1.82) is 0 Å². The van der Waals surface area contributed by atoms with Crippen LogP contribution in [0.15, 0.2) is 54.3 Å². The van der Waals surface area contributed by atoms with Crippen molar-refractivity contribution in [1.82, 2.24) is 0 Å². The van der Waals surface area contributed by atoms with E-state index in [1.165, 1.54) is 11.1 Å². The van der Waals surface area contributed by atoms with Crippen molar-refractivity contribution in [3.05, 3.63) is 65.5 Å². The van der Waals surface area contributed by atoms with Gasteiger partial charge in [0.15, 0.2) is 0 Å². The maximum atomic E-state index is 5.94. The van der Waals surface area contributed by atoms with Crippen LogP contribution in [0.3, 0.4) is 0 Å². The molecule has 0 bridgehead atoms. The van der Waals surface area contributed by atoms with Crippen molar-refractivity contribution in [3.8, 4) is 5.75 Å². The summed E-state index contributed by atoms with van der Waals surface area (Å²) in [7, 11) is 0. The van der Waals surface area contributed by atoms with Gasteiger partial charge in [-0.15, -0.1) is 0 Å². The number of benzene rings is 1. The summed E-state index contributed by atoms with van der Waals surface area (Å²) in [5.41, 5.74) is 4.45. The van der Waals surface area contributed by atoms with Gasteiger partial charge in [-0.05, 0) is 36.1 Å². The third-order valence-electron chi connectivity index (χ3n) is 2.80. The zero-order chi connectivity index (χ0) is 11.7. The average molecular weight is 212 g/mol. The molecule has 1 aliphatic heterocycles. The fourth-order valence-corrected chi connectivity index (χ4v) is 1.98.